The number of benzene rings is 1. The maximum absolute atomic E-state index is 9.14. The van der Waals surface area contributed by atoms with Crippen molar-refractivity contribution < 1.29 is 9.67 Å². The van der Waals surface area contributed by atoms with E-state index in [0.717, 1.165) is 18.5 Å². The van der Waals surface area contributed by atoms with E-state index in [2.05, 4.69) is 33.9 Å². The van der Waals surface area contributed by atoms with E-state index >= 15 is 0 Å². The molecule has 2 aromatic heterocycles. The van der Waals surface area contributed by atoms with E-state index in [4.69, 9.17) is 5.11 Å². The first-order valence-electron chi connectivity index (χ1n) is 6.50. The molecule has 0 amide bonds. The summed E-state index contributed by atoms with van der Waals surface area (Å²) in [6.07, 6.45) is 7.09. The minimum atomic E-state index is 0.0912. The van der Waals surface area contributed by atoms with E-state index in [1.807, 2.05) is 30.6 Å². The monoisotopic (exact) mass is 253 g/mol. The molecule has 3 heteroatoms. The Morgan fingerprint density at radius 1 is 1.11 bits per heavy atom. The Morgan fingerprint density at radius 2 is 2.00 bits per heavy atom. The molecule has 0 aliphatic carbocycles. The molecular formula is C16H17N2O+. The van der Waals surface area contributed by atoms with Gasteiger partial charge in [-0.3, -0.25) is 0 Å². The number of nitrogens with one attached hydrogen (secondary N) is 1. The highest BCUT2D eigenvalue weighted by molar-refractivity contribution is 5.82. The Bertz CT molecular complexity index is 688. The van der Waals surface area contributed by atoms with Gasteiger partial charge in [-0.15, -0.1) is 0 Å². The first-order chi connectivity index (χ1) is 9.36. The largest absolute Gasteiger partial charge is 0.391 e. The van der Waals surface area contributed by atoms with Gasteiger partial charge in [0.2, 0.25) is 0 Å². The molecule has 0 aliphatic heterocycles. The van der Waals surface area contributed by atoms with Gasteiger partial charge >= 0.3 is 0 Å². The zero-order valence-corrected chi connectivity index (χ0v) is 10.7. The number of hydrogen-bond acceptors (Lipinski definition) is 1. The second-order valence-corrected chi connectivity index (χ2v) is 4.72. The Labute approximate surface area is 112 Å². The molecule has 3 rings (SSSR count). The predicted molar refractivity (Wildman–Crippen MR) is 74.6 cm³/mol. The van der Waals surface area contributed by atoms with Crippen LogP contribution in [0.15, 0.2) is 55.0 Å². The number of pyridine rings is 1. The lowest BCUT2D eigenvalue weighted by Gasteiger charge is -1.99. The molecule has 0 unspecified atom stereocenters. The number of hydrogen-bond donors (Lipinski definition) is 2. The van der Waals surface area contributed by atoms with Crippen LogP contribution in [0, 0.1) is 0 Å². The standard InChI is InChI=1S/C16H17N2O/c19-12-13-4-3-8-18(11-13)9-7-14-10-17-16-6-2-1-5-15(14)16/h1-6,8,10-11,17,19H,7,9,12H2/q+1. The van der Waals surface area contributed by atoms with Crippen molar-refractivity contribution in [1.82, 2.24) is 4.98 Å². The normalized spacial score (nSPS) is 11.0. The molecule has 96 valence electrons. The summed E-state index contributed by atoms with van der Waals surface area (Å²) in [5.74, 6) is 0. The summed E-state index contributed by atoms with van der Waals surface area (Å²) in [6, 6.07) is 12.3. The number of nitrogens with zero attached hydrogens (tertiary/aromatic N) is 1. The number of rotatable bonds is 4. The maximum Gasteiger partial charge on any atom is 0.174 e. The summed E-state index contributed by atoms with van der Waals surface area (Å²) in [6.45, 7) is 1.00. The summed E-state index contributed by atoms with van der Waals surface area (Å²) < 4.78 is 2.12. The van der Waals surface area contributed by atoms with Crippen molar-refractivity contribution in [3.8, 4) is 0 Å². The summed E-state index contributed by atoms with van der Waals surface area (Å²) in [4.78, 5) is 3.30. The second kappa shape index (κ2) is 5.24. The Morgan fingerprint density at radius 3 is 2.89 bits per heavy atom. The summed E-state index contributed by atoms with van der Waals surface area (Å²) in [5.41, 5.74) is 3.46. The Kier molecular flexibility index (Phi) is 3.29. The number of aromatic amines is 1. The van der Waals surface area contributed by atoms with Crippen molar-refractivity contribution in [2.45, 2.75) is 19.6 Å². The third-order valence-corrected chi connectivity index (χ3v) is 3.42. The molecule has 0 bridgehead atoms. The maximum atomic E-state index is 9.14. The third kappa shape index (κ3) is 2.51. The number of aryl methyl sites for hydroxylation is 2. The molecule has 3 aromatic rings. The number of aromatic nitrogens is 2. The molecule has 0 aliphatic rings. The molecule has 0 spiro atoms. The fraction of sp³-hybridized carbons (Fsp3) is 0.188. The van der Waals surface area contributed by atoms with Crippen molar-refractivity contribution >= 4 is 10.9 Å². The van der Waals surface area contributed by atoms with Crippen LogP contribution in [-0.2, 0) is 19.6 Å². The van der Waals surface area contributed by atoms with Crippen LogP contribution in [0.3, 0.4) is 0 Å². The van der Waals surface area contributed by atoms with Crippen LogP contribution in [0.1, 0.15) is 11.1 Å². The highest BCUT2D eigenvalue weighted by Crippen LogP contribution is 2.17. The fourth-order valence-electron chi connectivity index (χ4n) is 2.40. The first-order valence-corrected chi connectivity index (χ1v) is 6.50. The van der Waals surface area contributed by atoms with Crippen LogP contribution < -0.4 is 4.57 Å². The molecule has 0 fully saturated rings. The molecule has 19 heavy (non-hydrogen) atoms. The first kappa shape index (κ1) is 11.9. The van der Waals surface area contributed by atoms with Crippen molar-refractivity contribution in [3.63, 3.8) is 0 Å². The van der Waals surface area contributed by atoms with Crippen molar-refractivity contribution in [1.29, 1.82) is 0 Å². The van der Waals surface area contributed by atoms with Crippen molar-refractivity contribution in [2.75, 3.05) is 0 Å². The molecular weight excluding hydrogens is 236 g/mol. The summed E-state index contributed by atoms with van der Waals surface area (Å²) in [5, 5.41) is 10.4. The topological polar surface area (TPSA) is 39.9 Å². The molecule has 2 N–H and O–H groups in total. The van der Waals surface area contributed by atoms with Gasteiger partial charge in [0.25, 0.3) is 0 Å². The Hall–Kier alpha value is -2.13. The highest BCUT2D eigenvalue weighted by atomic mass is 16.3. The molecule has 2 heterocycles. The molecule has 0 saturated heterocycles. The average molecular weight is 253 g/mol. The van der Waals surface area contributed by atoms with Gasteiger partial charge in [-0.1, -0.05) is 18.2 Å². The van der Waals surface area contributed by atoms with Gasteiger partial charge in [-0.05, 0) is 17.7 Å². The van der Waals surface area contributed by atoms with Crippen LogP contribution in [0.5, 0.6) is 0 Å². The highest BCUT2D eigenvalue weighted by Gasteiger charge is 2.07. The third-order valence-electron chi connectivity index (χ3n) is 3.42. The van der Waals surface area contributed by atoms with Crippen LogP contribution in [0.2, 0.25) is 0 Å². The van der Waals surface area contributed by atoms with Gasteiger partial charge in [0.1, 0.15) is 0 Å². The van der Waals surface area contributed by atoms with E-state index < -0.39 is 0 Å². The number of H-pyrrole nitrogens is 1. The number of para-hydroxylation sites is 1. The van der Waals surface area contributed by atoms with Crippen LogP contribution in [0.4, 0.5) is 0 Å². The van der Waals surface area contributed by atoms with Crippen molar-refractivity contribution in [2.24, 2.45) is 0 Å². The van der Waals surface area contributed by atoms with E-state index in [-0.39, 0.29) is 6.61 Å². The lowest BCUT2D eigenvalue weighted by Crippen LogP contribution is -2.34. The Balaban J connectivity index is 1.78. The lowest BCUT2D eigenvalue weighted by atomic mass is 10.1. The SMILES string of the molecule is OCc1ccc[n+](CCc2c[nH]c3ccccc23)c1. The molecule has 0 radical (unpaired) electrons. The van der Waals surface area contributed by atoms with E-state index in [9.17, 15) is 0 Å². The molecule has 1 aromatic carbocycles. The number of fused-ring (bicyclic) bond motifs is 1. The smallest absolute Gasteiger partial charge is 0.174 e. The van der Waals surface area contributed by atoms with Gasteiger partial charge in [-0.2, -0.15) is 0 Å². The lowest BCUT2D eigenvalue weighted by molar-refractivity contribution is -0.696. The second-order valence-electron chi connectivity index (χ2n) is 4.72. The average Bonchev–Trinajstić information content (AvgIpc) is 2.89. The van der Waals surface area contributed by atoms with Gasteiger partial charge in [-0.25, -0.2) is 4.57 Å². The molecule has 0 atom stereocenters. The van der Waals surface area contributed by atoms with E-state index in [1.54, 1.807) is 0 Å². The van der Waals surface area contributed by atoms with Gasteiger partial charge < -0.3 is 10.1 Å². The van der Waals surface area contributed by atoms with Crippen LogP contribution in [-0.4, -0.2) is 10.1 Å². The van der Waals surface area contributed by atoms with Gasteiger partial charge in [0.05, 0.1) is 6.61 Å². The molecule has 3 nitrogen and oxygen atoms in total. The number of aliphatic hydroxyl groups excluding tert-OH is 1. The minimum absolute atomic E-state index is 0.0912. The zero-order chi connectivity index (χ0) is 13.1. The summed E-state index contributed by atoms with van der Waals surface area (Å²) in [7, 11) is 0. The number of aliphatic hydroxyl groups is 1. The van der Waals surface area contributed by atoms with Gasteiger partial charge in [0.15, 0.2) is 18.9 Å². The quantitative estimate of drug-likeness (QED) is 0.687. The van der Waals surface area contributed by atoms with Gasteiger partial charge in [0, 0.05) is 35.2 Å². The van der Waals surface area contributed by atoms with Crippen molar-refractivity contribution in [3.05, 3.63) is 66.1 Å². The predicted octanol–water partition coefficient (Wildman–Crippen LogP) is 2.19. The minimum Gasteiger partial charge on any atom is -0.391 e. The van der Waals surface area contributed by atoms with Crippen LogP contribution in [0.25, 0.3) is 10.9 Å². The van der Waals surface area contributed by atoms with E-state index in [0.29, 0.717) is 0 Å². The summed E-state index contributed by atoms with van der Waals surface area (Å²) >= 11 is 0. The zero-order valence-electron chi connectivity index (χ0n) is 10.7. The van der Waals surface area contributed by atoms with E-state index in [1.165, 1.54) is 16.5 Å². The fourth-order valence-corrected chi connectivity index (χ4v) is 2.40. The molecule has 0 saturated carbocycles. The van der Waals surface area contributed by atoms with Crippen LogP contribution >= 0.6 is 0 Å².